The van der Waals surface area contributed by atoms with Crippen LogP contribution in [-0.4, -0.2) is 27.6 Å². The molecule has 2 aliphatic rings. The van der Waals surface area contributed by atoms with Crippen LogP contribution in [0.25, 0.3) is 5.57 Å². The van der Waals surface area contributed by atoms with Gasteiger partial charge in [0.25, 0.3) is 0 Å². The number of nitrogens with zero attached hydrogens (tertiary/aromatic N) is 2. The molecule has 1 aliphatic heterocycles. The molecule has 1 saturated heterocycles. The Balaban J connectivity index is 2.02. The van der Waals surface area contributed by atoms with Gasteiger partial charge in [0.1, 0.15) is 0 Å². The van der Waals surface area contributed by atoms with Crippen molar-refractivity contribution < 1.29 is 9.90 Å². The van der Waals surface area contributed by atoms with E-state index in [-0.39, 0.29) is 0 Å². The van der Waals surface area contributed by atoms with E-state index in [0.29, 0.717) is 11.6 Å². The normalized spacial score (nSPS) is 19.8. The number of halogens is 1. The monoisotopic (exact) mass is 354 g/mol. The molecule has 0 radical (unpaired) electrons. The van der Waals surface area contributed by atoms with Gasteiger partial charge in [0.05, 0.1) is 5.69 Å². The number of amides is 1. The molecule has 1 amide bonds. The highest BCUT2D eigenvalue weighted by Gasteiger charge is 2.29. The molecule has 1 fully saturated rings. The molecule has 2 aromatic rings. The summed E-state index contributed by atoms with van der Waals surface area (Å²) >= 11 is 6.22. The number of piperidine rings is 1. The van der Waals surface area contributed by atoms with Gasteiger partial charge in [-0.15, -0.1) is 0 Å². The lowest BCUT2D eigenvalue weighted by Crippen LogP contribution is -2.33. The van der Waals surface area contributed by atoms with Gasteiger partial charge in [-0.1, -0.05) is 23.7 Å². The summed E-state index contributed by atoms with van der Waals surface area (Å²) in [6, 6.07) is 9.92. The second-order valence-corrected chi connectivity index (χ2v) is 6.96. The van der Waals surface area contributed by atoms with E-state index in [9.17, 15) is 9.90 Å². The second-order valence-electron chi connectivity index (χ2n) is 6.53. The lowest BCUT2D eigenvalue weighted by atomic mass is 9.92. The lowest BCUT2D eigenvalue weighted by molar-refractivity contribution is 0.151. The first-order valence-corrected chi connectivity index (χ1v) is 8.99. The standard InChI is InChI=1S/C20H19ClN2O2/c21-15-8-9-16-14(12-15)7-6-13-4-3-10-22-19(13)18(16)17-5-1-2-11-23(17)20(24)25/h3-4,8-10,12H,1-2,5-7,11H2,(H,24,25). The van der Waals surface area contributed by atoms with Crippen LogP contribution in [0.5, 0.6) is 0 Å². The number of hydrogen-bond acceptors (Lipinski definition) is 2. The van der Waals surface area contributed by atoms with Gasteiger partial charge in [0, 0.05) is 29.0 Å². The Morgan fingerprint density at radius 2 is 1.96 bits per heavy atom. The summed E-state index contributed by atoms with van der Waals surface area (Å²) in [7, 11) is 0. The summed E-state index contributed by atoms with van der Waals surface area (Å²) in [5.41, 5.74) is 6.11. The van der Waals surface area contributed by atoms with Gasteiger partial charge in [-0.3, -0.25) is 9.88 Å². The van der Waals surface area contributed by atoms with E-state index in [4.69, 9.17) is 11.6 Å². The van der Waals surface area contributed by atoms with Crippen molar-refractivity contribution >= 4 is 23.3 Å². The maximum absolute atomic E-state index is 11.8. The molecular formula is C20H19ClN2O2. The van der Waals surface area contributed by atoms with Crippen molar-refractivity contribution in [3.63, 3.8) is 0 Å². The van der Waals surface area contributed by atoms with Crippen LogP contribution in [0.4, 0.5) is 4.79 Å². The van der Waals surface area contributed by atoms with Crippen molar-refractivity contribution in [3.05, 3.63) is 69.6 Å². The quantitative estimate of drug-likeness (QED) is 0.742. The Kier molecular flexibility index (Phi) is 4.22. The molecule has 4 nitrogen and oxygen atoms in total. The molecule has 128 valence electrons. The van der Waals surface area contributed by atoms with Crippen molar-refractivity contribution in [1.29, 1.82) is 0 Å². The number of allylic oxidation sites excluding steroid dienone is 1. The molecule has 0 atom stereocenters. The molecule has 1 aromatic carbocycles. The van der Waals surface area contributed by atoms with E-state index >= 15 is 0 Å². The first kappa shape index (κ1) is 16.2. The van der Waals surface area contributed by atoms with Crippen LogP contribution in [0.15, 0.2) is 42.2 Å². The van der Waals surface area contributed by atoms with Gasteiger partial charge in [-0.2, -0.15) is 0 Å². The van der Waals surface area contributed by atoms with E-state index in [2.05, 4.69) is 11.1 Å². The number of fused-ring (bicyclic) bond motifs is 2. The molecule has 25 heavy (non-hydrogen) atoms. The number of benzene rings is 1. The Labute approximate surface area is 151 Å². The molecule has 0 bridgehead atoms. The molecule has 1 aliphatic carbocycles. The third-order valence-electron chi connectivity index (χ3n) is 5.02. The number of likely N-dealkylation sites (tertiary alicyclic amines) is 1. The molecule has 1 aromatic heterocycles. The predicted molar refractivity (Wildman–Crippen MR) is 97.7 cm³/mol. The summed E-state index contributed by atoms with van der Waals surface area (Å²) in [5.74, 6) is 0. The highest BCUT2D eigenvalue weighted by atomic mass is 35.5. The first-order chi connectivity index (χ1) is 12.1. The van der Waals surface area contributed by atoms with E-state index in [0.717, 1.165) is 65.8 Å². The maximum atomic E-state index is 11.8. The largest absolute Gasteiger partial charge is 0.465 e. The predicted octanol–water partition coefficient (Wildman–Crippen LogP) is 4.76. The molecule has 0 spiro atoms. The van der Waals surface area contributed by atoms with Gasteiger partial charge in [-0.25, -0.2) is 4.79 Å². The van der Waals surface area contributed by atoms with Crippen LogP contribution in [0.2, 0.25) is 5.02 Å². The average molecular weight is 355 g/mol. The third kappa shape index (κ3) is 2.91. The number of aryl methyl sites for hydroxylation is 2. The topological polar surface area (TPSA) is 53.4 Å². The maximum Gasteiger partial charge on any atom is 0.411 e. The highest BCUT2D eigenvalue weighted by molar-refractivity contribution is 6.30. The van der Waals surface area contributed by atoms with Gasteiger partial charge < -0.3 is 5.11 Å². The van der Waals surface area contributed by atoms with Gasteiger partial charge >= 0.3 is 6.09 Å². The Morgan fingerprint density at radius 3 is 2.80 bits per heavy atom. The molecule has 1 N–H and O–H groups in total. The van der Waals surface area contributed by atoms with Crippen LogP contribution in [-0.2, 0) is 12.8 Å². The minimum absolute atomic E-state index is 0.541. The Hall–Kier alpha value is -2.33. The zero-order valence-corrected chi connectivity index (χ0v) is 14.6. The van der Waals surface area contributed by atoms with Crippen LogP contribution in [0.3, 0.4) is 0 Å². The minimum Gasteiger partial charge on any atom is -0.465 e. The van der Waals surface area contributed by atoms with Crippen molar-refractivity contribution in [2.24, 2.45) is 0 Å². The Morgan fingerprint density at radius 1 is 1.12 bits per heavy atom. The SMILES string of the molecule is O=C(O)N1CCCCC1=C1c2ccc(Cl)cc2CCc2cccnc21. The van der Waals surface area contributed by atoms with Crippen molar-refractivity contribution in [2.45, 2.75) is 32.1 Å². The van der Waals surface area contributed by atoms with Crippen LogP contribution in [0.1, 0.15) is 41.6 Å². The highest BCUT2D eigenvalue weighted by Crippen LogP contribution is 2.39. The molecule has 0 unspecified atom stereocenters. The van der Waals surface area contributed by atoms with Gasteiger partial charge in [0.2, 0.25) is 0 Å². The van der Waals surface area contributed by atoms with Crippen molar-refractivity contribution in [1.82, 2.24) is 9.88 Å². The summed E-state index contributed by atoms with van der Waals surface area (Å²) in [5, 5.41) is 10.4. The van der Waals surface area contributed by atoms with Crippen LogP contribution in [0, 0.1) is 0 Å². The number of pyridine rings is 1. The van der Waals surface area contributed by atoms with Crippen LogP contribution >= 0.6 is 11.6 Å². The van der Waals surface area contributed by atoms with E-state index in [1.807, 2.05) is 24.3 Å². The molecular weight excluding hydrogens is 336 g/mol. The van der Waals surface area contributed by atoms with Gasteiger partial charge in [-0.05, 0) is 67.0 Å². The average Bonchev–Trinajstić information content (AvgIpc) is 2.78. The smallest absolute Gasteiger partial charge is 0.411 e. The summed E-state index contributed by atoms with van der Waals surface area (Å²) in [6.07, 6.45) is 5.28. The van der Waals surface area contributed by atoms with E-state index < -0.39 is 6.09 Å². The summed E-state index contributed by atoms with van der Waals surface area (Å²) in [6.45, 7) is 0.541. The van der Waals surface area contributed by atoms with Gasteiger partial charge in [0.15, 0.2) is 0 Å². The zero-order chi connectivity index (χ0) is 17.4. The third-order valence-corrected chi connectivity index (χ3v) is 5.25. The minimum atomic E-state index is -0.889. The van der Waals surface area contributed by atoms with Crippen molar-refractivity contribution in [2.75, 3.05) is 6.54 Å². The Bertz CT molecular complexity index is 876. The molecule has 5 heteroatoms. The number of hydrogen-bond donors (Lipinski definition) is 1. The first-order valence-electron chi connectivity index (χ1n) is 8.62. The molecule has 0 saturated carbocycles. The number of rotatable bonds is 0. The van der Waals surface area contributed by atoms with Crippen molar-refractivity contribution in [3.8, 4) is 0 Å². The summed E-state index contributed by atoms with van der Waals surface area (Å²) < 4.78 is 0. The fourth-order valence-corrected chi connectivity index (χ4v) is 4.07. The number of carbonyl (C=O) groups is 1. The second kappa shape index (κ2) is 6.52. The number of carboxylic acid groups (broad SMARTS) is 1. The molecule has 4 rings (SSSR count). The number of aromatic nitrogens is 1. The fraction of sp³-hybridized carbons (Fsp3) is 0.300. The zero-order valence-electron chi connectivity index (χ0n) is 13.8. The van der Waals surface area contributed by atoms with E-state index in [1.54, 1.807) is 6.20 Å². The van der Waals surface area contributed by atoms with Crippen LogP contribution < -0.4 is 0 Å². The van der Waals surface area contributed by atoms with E-state index in [1.165, 1.54) is 4.90 Å². The lowest BCUT2D eigenvalue weighted by Gasteiger charge is -2.30. The fourth-order valence-electron chi connectivity index (χ4n) is 3.87. The molecule has 2 heterocycles. The summed E-state index contributed by atoms with van der Waals surface area (Å²) in [4.78, 5) is 18.0.